The van der Waals surface area contributed by atoms with Gasteiger partial charge in [0.05, 0.1) is 12.5 Å². The first-order valence-electron chi connectivity index (χ1n) is 11.0. The van der Waals surface area contributed by atoms with Crippen LogP contribution in [0.25, 0.3) is 0 Å². The van der Waals surface area contributed by atoms with Crippen LogP contribution in [0.1, 0.15) is 39.0 Å². The third-order valence-corrected chi connectivity index (χ3v) is 4.63. The molecular formula is C19H36N10O7. The van der Waals surface area contributed by atoms with Crippen molar-refractivity contribution in [1.29, 1.82) is 0 Å². The first-order chi connectivity index (χ1) is 16.7. The average Bonchev–Trinajstić information content (AvgIpc) is 2.76. The number of carboxylic acids is 2. The Morgan fingerprint density at radius 3 is 1.72 bits per heavy atom. The zero-order chi connectivity index (χ0) is 27.8. The van der Waals surface area contributed by atoms with Crippen LogP contribution in [0.4, 0.5) is 0 Å². The molecule has 0 rings (SSSR count). The standard InChI is InChI=1S/C19H36N10O7/c1-9(27-15(33)10(20)4-2-6-25-18(21)22)14(32)28-11(5-3-7-26-19(23)24)16(34)29-12(17(35)36)8-13(30)31/h9-12H,2-8,20H2,1H3,(H,27,33)(H,28,32)(H,29,34)(H,30,31)(H,35,36)(H4,21,22,25)(H4,23,24,26). The Morgan fingerprint density at radius 1 is 0.750 bits per heavy atom. The number of nitrogens with zero attached hydrogens (tertiary/aromatic N) is 2. The quantitative estimate of drug-likeness (QED) is 0.0496. The summed E-state index contributed by atoms with van der Waals surface area (Å²) in [5, 5.41) is 24.9. The third kappa shape index (κ3) is 14.2. The summed E-state index contributed by atoms with van der Waals surface area (Å²) < 4.78 is 0. The highest BCUT2D eigenvalue weighted by Crippen LogP contribution is 2.03. The average molecular weight is 517 g/mol. The van der Waals surface area contributed by atoms with E-state index >= 15 is 0 Å². The molecule has 0 aromatic rings. The van der Waals surface area contributed by atoms with Gasteiger partial charge in [-0.25, -0.2) is 4.79 Å². The first-order valence-corrected chi connectivity index (χ1v) is 11.0. The Morgan fingerprint density at radius 2 is 1.25 bits per heavy atom. The summed E-state index contributed by atoms with van der Waals surface area (Å²) in [5.41, 5.74) is 26.7. The van der Waals surface area contributed by atoms with Gasteiger partial charge in [0.2, 0.25) is 17.7 Å². The molecule has 36 heavy (non-hydrogen) atoms. The lowest BCUT2D eigenvalue weighted by Gasteiger charge is -2.23. The minimum Gasteiger partial charge on any atom is -0.481 e. The predicted molar refractivity (Wildman–Crippen MR) is 129 cm³/mol. The normalized spacial score (nSPS) is 13.7. The first kappa shape index (κ1) is 31.8. The molecule has 17 heteroatoms. The molecular weight excluding hydrogens is 480 g/mol. The van der Waals surface area contributed by atoms with E-state index in [1.165, 1.54) is 6.92 Å². The largest absolute Gasteiger partial charge is 0.481 e. The smallest absolute Gasteiger partial charge is 0.326 e. The van der Waals surface area contributed by atoms with Crippen molar-refractivity contribution in [2.75, 3.05) is 13.1 Å². The Kier molecular flexibility index (Phi) is 14.6. The molecule has 15 N–H and O–H groups in total. The fourth-order valence-corrected chi connectivity index (χ4v) is 2.75. The number of aliphatic carboxylic acids is 2. The molecule has 0 bridgehead atoms. The van der Waals surface area contributed by atoms with Crippen LogP contribution in [0.15, 0.2) is 9.98 Å². The van der Waals surface area contributed by atoms with Crippen molar-refractivity contribution in [2.45, 2.75) is 63.2 Å². The molecule has 0 aliphatic heterocycles. The van der Waals surface area contributed by atoms with Crippen molar-refractivity contribution in [1.82, 2.24) is 16.0 Å². The summed E-state index contributed by atoms with van der Waals surface area (Å²) in [5.74, 6) is -5.60. The Labute approximate surface area is 207 Å². The Balaban J connectivity index is 5.17. The van der Waals surface area contributed by atoms with E-state index in [1.54, 1.807) is 0 Å². The van der Waals surface area contributed by atoms with Crippen LogP contribution in [0.2, 0.25) is 0 Å². The van der Waals surface area contributed by atoms with E-state index in [9.17, 15) is 24.0 Å². The van der Waals surface area contributed by atoms with Gasteiger partial charge in [0.1, 0.15) is 18.1 Å². The van der Waals surface area contributed by atoms with Crippen molar-refractivity contribution < 1.29 is 34.2 Å². The van der Waals surface area contributed by atoms with Crippen LogP contribution in [0, 0.1) is 0 Å². The van der Waals surface area contributed by atoms with Crippen LogP contribution >= 0.6 is 0 Å². The number of hydrogen-bond donors (Lipinski definition) is 10. The van der Waals surface area contributed by atoms with Gasteiger partial charge in [0.25, 0.3) is 0 Å². The van der Waals surface area contributed by atoms with Crippen molar-refractivity contribution in [3.05, 3.63) is 0 Å². The Hall–Kier alpha value is -4.15. The molecule has 4 atom stereocenters. The van der Waals surface area contributed by atoms with Gasteiger partial charge in [-0.05, 0) is 32.6 Å². The maximum Gasteiger partial charge on any atom is 0.326 e. The van der Waals surface area contributed by atoms with Crippen LogP contribution < -0.4 is 44.6 Å². The highest BCUT2D eigenvalue weighted by molar-refractivity contribution is 5.94. The zero-order valence-electron chi connectivity index (χ0n) is 20.0. The zero-order valence-corrected chi connectivity index (χ0v) is 20.0. The summed E-state index contributed by atoms with van der Waals surface area (Å²) >= 11 is 0. The van der Waals surface area contributed by atoms with E-state index in [-0.39, 0.29) is 44.3 Å². The van der Waals surface area contributed by atoms with Gasteiger partial charge in [-0.1, -0.05) is 0 Å². The lowest BCUT2D eigenvalue weighted by Crippen LogP contribution is -2.56. The van der Waals surface area contributed by atoms with E-state index < -0.39 is 60.2 Å². The molecule has 0 aromatic carbocycles. The molecule has 0 spiro atoms. The van der Waals surface area contributed by atoms with Gasteiger partial charge in [0, 0.05) is 13.1 Å². The maximum atomic E-state index is 12.6. The van der Waals surface area contributed by atoms with Crippen LogP contribution in [-0.2, 0) is 24.0 Å². The number of rotatable bonds is 17. The van der Waals surface area contributed by atoms with Gasteiger partial charge >= 0.3 is 11.9 Å². The molecule has 0 heterocycles. The van der Waals surface area contributed by atoms with Gasteiger partial charge < -0.3 is 54.8 Å². The number of amides is 3. The number of hydrogen-bond acceptors (Lipinski definition) is 8. The van der Waals surface area contributed by atoms with Crippen molar-refractivity contribution in [3.8, 4) is 0 Å². The maximum absolute atomic E-state index is 12.6. The second-order valence-corrected chi connectivity index (χ2v) is 7.79. The molecule has 17 nitrogen and oxygen atoms in total. The molecule has 3 amide bonds. The molecule has 0 saturated heterocycles. The summed E-state index contributed by atoms with van der Waals surface area (Å²) in [7, 11) is 0. The van der Waals surface area contributed by atoms with E-state index in [2.05, 4.69) is 25.9 Å². The third-order valence-electron chi connectivity index (χ3n) is 4.63. The van der Waals surface area contributed by atoms with Gasteiger partial charge in [-0.3, -0.25) is 29.2 Å². The van der Waals surface area contributed by atoms with Crippen LogP contribution in [-0.4, -0.2) is 89.0 Å². The lowest BCUT2D eigenvalue weighted by atomic mass is 10.1. The molecule has 0 aliphatic rings. The second-order valence-electron chi connectivity index (χ2n) is 7.79. The molecule has 0 radical (unpaired) electrons. The van der Waals surface area contributed by atoms with Crippen molar-refractivity contribution in [3.63, 3.8) is 0 Å². The van der Waals surface area contributed by atoms with Crippen molar-refractivity contribution >= 4 is 41.6 Å². The lowest BCUT2D eigenvalue weighted by molar-refractivity contribution is -0.147. The second kappa shape index (κ2) is 16.5. The monoisotopic (exact) mass is 516 g/mol. The number of guanidine groups is 2. The molecule has 0 fully saturated rings. The van der Waals surface area contributed by atoms with E-state index in [1.807, 2.05) is 0 Å². The number of carboxylic acid groups (broad SMARTS) is 2. The van der Waals surface area contributed by atoms with Crippen LogP contribution in [0.3, 0.4) is 0 Å². The number of nitrogens with two attached hydrogens (primary N) is 5. The summed E-state index contributed by atoms with van der Waals surface area (Å²) in [6, 6.07) is -5.04. The van der Waals surface area contributed by atoms with Crippen LogP contribution in [0.5, 0.6) is 0 Å². The van der Waals surface area contributed by atoms with E-state index in [4.69, 9.17) is 38.9 Å². The number of nitrogens with one attached hydrogen (secondary N) is 3. The van der Waals surface area contributed by atoms with E-state index in [0.717, 1.165) is 0 Å². The molecule has 204 valence electrons. The van der Waals surface area contributed by atoms with Gasteiger partial charge in [0.15, 0.2) is 11.9 Å². The van der Waals surface area contributed by atoms with Gasteiger partial charge in [-0.15, -0.1) is 0 Å². The van der Waals surface area contributed by atoms with Crippen molar-refractivity contribution in [2.24, 2.45) is 38.7 Å². The number of carbonyl (C=O) groups excluding carboxylic acids is 3. The summed E-state index contributed by atoms with van der Waals surface area (Å²) in [4.78, 5) is 67.2. The summed E-state index contributed by atoms with van der Waals surface area (Å²) in [6.45, 7) is 1.74. The highest BCUT2D eigenvalue weighted by atomic mass is 16.4. The number of aliphatic imine (C=N–C) groups is 2. The molecule has 4 unspecified atom stereocenters. The number of carbonyl (C=O) groups is 5. The Bertz CT molecular complexity index is 840. The summed E-state index contributed by atoms with van der Waals surface area (Å²) in [6.07, 6.45) is -0.00449. The van der Waals surface area contributed by atoms with Gasteiger partial charge in [-0.2, -0.15) is 0 Å². The van der Waals surface area contributed by atoms with E-state index in [0.29, 0.717) is 6.42 Å². The molecule has 0 saturated carbocycles. The SMILES string of the molecule is CC(NC(=O)C(N)CCCN=C(N)N)C(=O)NC(CCCN=C(N)N)C(=O)NC(CC(=O)O)C(=O)O. The fourth-order valence-electron chi connectivity index (χ4n) is 2.75. The topological polar surface area (TPSA) is 317 Å². The molecule has 0 aromatic heterocycles. The predicted octanol–water partition coefficient (Wildman–Crippen LogP) is -4.55. The fraction of sp³-hybridized carbons (Fsp3) is 0.632. The minimum atomic E-state index is -1.72. The molecule has 0 aliphatic carbocycles. The highest BCUT2D eigenvalue weighted by Gasteiger charge is 2.29. The minimum absolute atomic E-state index is 0.0151.